The number of benzene rings is 2. The van der Waals surface area contributed by atoms with Gasteiger partial charge in [0.25, 0.3) is 5.91 Å². The highest BCUT2D eigenvalue weighted by Crippen LogP contribution is 2.25. The van der Waals surface area contributed by atoms with Crippen LogP contribution in [0.5, 0.6) is 0 Å². The molecule has 1 saturated heterocycles. The minimum Gasteiger partial charge on any atom is -0.462 e. The number of nitrogens with one attached hydrogen (secondary N) is 1. The number of esters is 1. The first-order valence-electron chi connectivity index (χ1n) is 9.10. The monoisotopic (exact) mass is 402 g/mol. The second kappa shape index (κ2) is 8.43. The lowest BCUT2D eigenvalue weighted by atomic mass is 10.1. The van der Waals surface area contributed by atoms with Crippen molar-refractivity contribution in [3.8, 4) is 0 Å². The van der Waals surface area contributed by atoms with Crippen molar-refractivity contribution in [2.45, 2.75) is 19.8 Å². The van der Waals surface area contributed by atoms with E-state index < -0.39 is 16.0 Å². The van der Waals surface area contributed by atoms with E-state index in [4.69, 9.17) is 4.74 Å². The van der Waals surface area contributed by atoms with E-state index >= 15 is 0 Å². The number of carbonyl (C=O) groups is 2. The largest absolute Gasteiger partial charge is 0.462 e. The third-order valence-corrected chi connectivity index (χ3v) is 6.18. The van der Waals surface area contributed by atoms with Gasteiger partial charge in [0.05, 0.1) is 23.6 Å². The Morgan fingerprint density at radius 3 is 2.50 bits per heavy atom. The van der Waals surface area contributed by atoms with E-state index in [1.54, 1.807) is 48.5 Å². The summed E-state index contributed by atoms with van der Waals surface area (Å²) in [4.78, 5) is 24.3. The van der Waals surface area contributed by atoms with Crippen molar-refractivity contribution in [3.05, 3.63) is 59.7 Å². The van der Waals surface area contributed by atoms with E-state index in [1.807, 2.05) is 6.92 Å². The van der Waals surface area contributed by atoms with E-state index in [0.717, 1.165) is 6.42 Å². The van der Waals surface area contributed by atoms with Gasteiger partial charge in [-0.25, -0.2) is 13.2 Å². The molecule has 0 aromatic heterocycles. The van der Waals surface area contributed by atoms with Gasteiger partial charge in [-0.3, -0.25) is 9.10 Å². The van der Waals surface area contributed by atoms with E-state index in [-0.39, 0.29) is 11.7 Å². The topological polar surface area (TPSA) is 92.8 Å². The maximum absolute atomic E-state index is 12.5. The first kappa shape index (κ1) is 19.9. The molecule has 1 fully saturated rings. The maximum Gasteiger partial charge on any atom is 0.338 e. The van der Waals surface area contributed by atoms with Crippen molar-refractivity contribution in [3.63, 3.8) is 0 Å². The fourth-order valence-electron chi connectivity index (χ4n) is 2.90. The number of amides is 1. The molecule has 1 N–H and O–H groups in total. The molecule has 1 heterocycles. The van der Waals surface area contributed by atoms with E-state index in [2.05, 4.69) is 5.32 Å². The van der Waals surface area contributed by atoms with E-state index in [1.165, 1.54) is 4.31 Å². The molecule has 148 valence electrons. The van der Waals surface area contributed by atoms with E-state index in [9.17, 15) is 18.0 Å². The number of rotatable bonds is 6. The number of carbonyl (C=O) groups excluding carboxylic acids is 2. The zero-order valence-corrected chi connectivity index (χ0v) is 16.4. The van der Waals surface area contributed by atoms with Gasteiger partial charge >= 0.3 is 5.97 Å². The van der Waals surface area contributed by atoms with Crippen LogP contribution in [-0.2, 0) is 14.8 Å². The normalized spacial score (nSPS) is 15.2. The van der Waals surface area contributed by atoms with Crippen LogP contribution < -0.4 is 9.62 Å². The van der Waals surface area contributed by atoms with Gasteiger partial charge in [0.2, 0.25) is 10.0 Å². The highest BCUT2D eigenvalue weighted by molar-refractivity contribution is 7.93. The number of nitrogens with zero attached hydrogens (tertiary/aromatic N) is 1. The molecule has 3 rings (SSSR count). The summed E-state index contributed by atoms with van der Waals surface area (Å²) in [5.41, 5.74) is 1.77. The lowest BCUT2D eigenvalue weighted by Crippen LogP contribution is -2.25. The molecule has 0 atom stereocenters. The zero-order valence-electron chi connectivity index (χ0n) is 15.6. The molecule has 1 aliphatic heterocycles. The van der Waals surface area contributed by atoms with Crippen LogP contribution in [0.25, 0.3) is 0 Å². The Morgan fingerprint density at radius 2 is 1.86 bits per heavy atom. The number of anilines is 2. The smallest absolute Gasteiger partial charge is 0.338 e. The van der Waals surface area contributed by atoms with Crippen molar-refractivity contribution >= 4 is 33.3 Å². The Balaban J connectivity index is 1.70. The summed E-state index contributed by atoms with van der Waals surface area (Å²) < 4.78 is 30.5. The summed E-state index contributed by atoms with van der Waals surface area (Å²) in [6.45, 7) is 2.70. The van der Waals surface area contributed by atoms with Crippen LogP contribution in [0.3, 0.4) is 0 Å². The molecule has 0 bridgehead atoms. The first-order chi connectivity index (χ1) is 13.4. The molecule has 2 aromatic carbocycles. The summed E-state index contributed by atoms with van der Waals surface area (Å²) in [5.74, 6) is -0.643. The number of hydrogen-bond acceptors (Lipinski definition) is 5. The van der Waals surface area contributed by atoms with Crippen molar-refractivity contribution in [2.75, 3.05) is 28.5 Å². The third-order valence-electron chi connectivity index (χ3n) is 4.31. The summed E-state index contributed by atoms with van der Waals surface area (Å²) in [6.07, 6.45) is 1.32. The van der Waals surface area contributed by atoms with Gasteiger partial charge < -0.3 is 10.1 Å². The Hall–Kier alpha value is -2.87. The van der Waals surface area contributed by atoms with Crippen LogP contribution in [0.1, 0.15) is 40.5 Å². The number of hydrogen-bond donors (Lipinski definition) is 1. The molecule has 0 aliphatic carbocycles. The predicted molar refractivity (Wildman–Crippen MR) is 107 cm³/mol. The van der Waals surface area contributed by atoms with Gasteiger partial charge in [0.1, 0.15) is 0 Å². The molecule has 1 aliphatic rings. The molecular weight excluding hydrogens is 380 g/mol. The summed E-state index contributed by atoms with van der Waals surface area (Å²) >= 11 is 0. The minimum absolute atomic E-state index is 0.121. The molecule has 0 spiro atoms. The summed E-state index contributed by atoms with van der Waals surface area (Å²) in [6, 6.07) is 12.9. The van der Waals surface area contributed by atoms with Gasteiger partial charge in [-0.15, -0.1) is 0 Å². The second-order valence-electron chi connectivity index (χ2n) is 6.46. The van der Waals surface area contributed by atoms with Crippen molar-refractivity contribution in [1.82, 2.24) is 0 Å². The first-order valence-corrected chi connectivity index (χ1v) is 10.7. The average Bonchev–Trinajstić information content (AvgIpc) is 3.05. The predicted octanol–water partition coefficient (Wildman–Crippen LogP) is 3.05. The fourth-order valence-corrected chi connectivity index (χ4v) is 4.46. The summed E-state index contributed by atoms with van der Waals surface area (Å²) in [5, 5.41) is 2.75. The third kappa shape index (κ3) is 4.51. The highest BCUT2D eigenvalue weighted by atomic mass is 32.2. The Labute approximate surface area is 164 Å². The van der Waals surface area contributed by atoms with Crippen LogP contribution in [0.4, 0.5) is 11.4 Å². The average molecular weight is 402 g/mol. The molecule has 0 radical (unpaired) electrons. The number of sulfonamides is 1. The fraction of sp³-hybridized carbons (Fsp3) is 0.300. The Bertz CT molecular complexity index is 970. The summed E-state index contributed by atoms with van der Waals surface area (Å²) in [7, 11) is -3.30. The molecule has 0 unspecified atom stereocenters. The highest BCUT2D eigenvalue weighted by Gasteiger charge is 2.28. The van der Waals surface area contributed by atoms with Gasteiger partial charge in [0, 0.05) is 17.8 Å². The van der Waals surface area contributed by atoms with Crippen LogP contribution in [0.15, 0.2) is 48.5 Å². The van der Waals surface area contributed by atoms with Crippen LogP contribution in [0.2, 0.25) is 0 Å². The zero-order chi connectivity index (χ0) is 20.1. The lowest BCUT2D eigenvalue weighted by Gasteiger charge is -2.17. The second-order valence-corrected chi connectivity index (χ2v) is 8.47. The quantitative estimate of drug-likeness (QED) is 0.750. The van der Waals surface area contributed by atoms with E-state index in [0.29, 0.717) is 42.1 Å². The molecule has 28 heavy (non-hydrogen) atoms. The van der Waals surface area contributed by atoms with Gasteiger partial charge in [-0.1, -0.05) is 13.0 Å². The van der Waals surface area contributed by atoms with Gasteiger partial charge in [-0.05, 0) is 55.3 Å². The van der Waals surface area contributed by atoms with Crippen LogP contribution in [0, 0.1) is 0 Å². The Kier molecular flexibility index (Phi) is 5.99. The standard InChI is InChI=1S/C20H22N2O5S/c1-2-12-27-20(24)15-7-9-17(10-8-15)21-19(23)16-5-3-6-18(14-16)22-11-4-13-28(22,25)26/h3,5-10,14H,2,4,11-13H2,1H3,(H,21,23). The van der Waals surface area contributed by atoms with Crippen molar-refractivity contribution in [1.29, 1.82) is 0 Å². The molecule has 8 heteroatoms. The molecule has 1 amide bonds. The van der Waals surface area contributed by atoms with Gasteiger partial charge in [-0.2, -0.15) is 0 Å². The SMILES string of the molecule is CCCOC(=O)c1ccc(NC(=O)c2cccc(N3CCCS3(=O)=O)c2)cc1. The lowest BCUT2D eigenvalue weighted by molar-refractivity contribution is 0.0505. The molecule has 2 aromatic rings. The van der Waals surface area contributed by atoms with Crippen LogP contribution in [-0.4, -0.2) is 39.2 Å². The molecule has 7 nitrogen and oxygen atoms in total. The Morgan fingerprint density at radius 1 is 1.11 bits per heavy atom. The minimum atomic E-state index is -3.30. The van der Waals surface area contributed by atoms with Crippen molar-refractivity contribution in [2.24, 2.45) is 0 Å². The number of ether oxygens (including phenoxy) is 1. The van der Waals surface area contributed by atoms with Crippen LogP contribution >= 0.6 is 0 Å². The molecule has 0 saturated carbocycles. The van der Waals surface area contributed by atoms with Gasteiger partial charge in [0.15, 0.2) is 0 Å². The molecular formula is C20H22N2O5S. The van der Waals surface area contributed by atoms with Crippen molar-refractivity contribution < 1.29 is 22.7 Å². The maximum atomic E-state index is 12.5.